The molecule has 0 saturated carbocycles. The summed E-state index contributed by atoms with van der Waals surface area (Å²) in [5.41, 5.74) is 15.2. The highest BCUT2D eigenvalue weighted by atomic mass is 16.3. The number of hydrogen-bond donors (Lipinski definition) is 0. The molecular weight excluding hydrogens is 801 g/mol. The molecule has 0 fully saturated rings. The van der Waals surface area contributed by atoms with E-state index >= 15 is 0 Å². The smallest absolute Gasteiger partial charge is 0.136 e. The van der Waals surface area contributed by atoms with Crippen molar-refractivity contribution in [3.05, 3.63) is 229 Å². The van der Waals surface area contributed by atoms with Gasteiger partial charge in [-0.15, -0.1) is 0 Å². The summed E-state index contributed by atoms with van der Waals surface area (Å²) < 4.78 is 9.44. The third kappa shape index (κ3) is 6.30. The van der Waals surface area contributed by atoms with Crippen molar-refractivity contribution in [2.45, 2.75) is 38.6 Å². The summed E-state index contributed by atoms with van der Waals surface area (Å²) in [6.07, 6.45) is 3.66. The third-order valence-corrected chi connectivity index (χ3v) is 14.2. The zero-order valence-corrected chi connectivity index (χ0v) is 36.8. The van der Waals surface area contributed by atoms with Crippen molar-refractivity contribution in [1.29, 1.82) is 0 Å². The summed E-state index contributed by atoms with van der Waals surface area (Å²) >= 11 is 0. The number of allylic oxidation sites excluding steroid dienone is 2. The molecule has 12 aromatic rings. The Morgan fingerprint density at radius 2 is 1.08 bits per heavy atom. The fourth-order valence-corrected chi connectivity index (χ4v) is 11.0. The van der Waals surface area contributed by atoms with E-state index in [-0.39, 0.29) is 6.04 Å². The van der Waals surface area contributed by atoms with Crippen LogP contribution < -0.4 is 0 Å². The van der Waals surface area contributed by atoms with Crippen LogP contribution in [0.25, 0.3) is 98.4 Å². The lowest BCUT2D eigenvalue weighted by molar-refractivity contribution is 0.613. The van der Waals surface area contributed by atoms with Gasteiger partial charge in [-0.1, -0.05) is 171 Å². The number of para-hydroxylation sites is 1. The first kappa shape index (κ1) is 38.4. The lowest BCUT2D eigenvalue weighted by atomic mass is 9.84. The van der Waals surface area contributed by atoms with Gasteiger partial charge in [0.1, 0.15) is 11.2 Å². The largest absolute Gasteiger partial charge is 0.456 e. The van der Waals surface area contributed by atoms with Crippen molar-refractivity contribution in [3.8, 4) is 16.8 Å². The first-order valence-corrected chi connectivity index (χ1v) is 23.4. The normalized spacial score (nSPS) is 14.8. The molecule has 0 spiro atoms. The third-order valence-electron chi connectivity index (χ3n) is 14.2. The van der Waals surface area contributed by atoms with E-state index in [1.807, 2.05) is 0 Å². The fourth-order valence-electron chi connectivity index (χ4n) is 11.0. The molecule has 0 radical (unpaired) electrons. The maximum atomic E-state index is 6.91. The maximum absolute atomic E-state index is 6.91. The molecule has 1 unspecified atom stereocenters. The van der Waals surface area contributed by atoms with E-state index in [2.05, 4.69) is 218 Å². The number of furan rings is 1. The maximum Gasteiger partial charge on any atom is 0.136 e. The van der Waals surface area contributed by atoms with Gasteiger partial charge in [0.05, 0.1) is 28.5 Å². The molecule has 314 valence electrons. The summed E-state index contributed by atoms with van der Waals surface area (Å²) in [6, 6.07) is 75.5. The highest BCUT2D eigenvalue weighted by Gasteiger charge is 2.27. The molecule has 2 aromatic heterocycles. The van der Waals surface area contributed by atoms with Crippen LogP contribution in [0.5, 0.6) is 0 Å². The average molecular weight is 847 g/mol. The Hall–Kier alpha value is -8.01. The molecule has 1 atom stereocenters. The van der Waals surface area contributed by atoms with Gasteiger partial charge in [0, 0.05) is 32.7 Å². The van der Waals surface area contributed by atoms with Crippen molar-refractivity contribution in [2.75, 3.05) is 0 Å². The van der Waals surface area contributed by atoms with Crippen molar-refractivity contribution < 1.29 is 4.42 Å². The van der Waals surface area contributed by atoms with Crippen LogP contribution in [0.3, 0.4) is 0 Å². The molecule has 13 rings (SSSR count). The first-order chi connectivity index (χ1) is 32.7. The molecule has 3 heterocycles. The van der Waals surface area contributed by atoms with Gasteiger partial charge >= 0.3 is 0 Å². The van der Waals surface area contributed by atoms with Crippen LogP contribution in [0.2, 0.25) is 0 Å². The molecule has 3 heteroatoms. The van der Waals surface area contributed by atoms with Crippen molar-refractivity contribution in [3.63, 3.8) is 0 Å². The van der Waals surface area contributed by atoms with Gasteiger partial charge in [0.2, 0.25) is 0 Å². The Morgan fingerprint density at radius 3 is 1.85 bits per heavy atom. The van der Waals surface area contributed by atoms with Crippen LogP contribution in [0, 0.1) is 0 Å². The average Bonchev–Trinajstić information content (AvgIpc) is 3.88. The molecule has 1 aliphatic heterocycles. The minimum absolute atomic E-state index is 0.161. The van der Waals surface area contributed by atoms with Crippen LogP contribution in [-0.4, -0.2) is 10.3 Å². The molecule has 0 N–H and O–H groups in total. The van der Waals surface area contributed by atoms with Gasteiger partial charge < -0.3 is 8.98 Å². The van der Waals surface area contributed by atoms with E-state index in [0.29, 0.717) is 0 Å². The van der Waals surface area contributed by atoms with E-state index in [0.717, 1.165) is 59.0 Å². The Labute approximate surface area is 383 Å². The number of aliphatic imine (C=N–C) groups is 1. The zero-order chi connectivity index (χ0) is 43.7. The molecule has 10 aromatic carbocycles. The van der Waals surface area contributed by atoms with Gasteiger partial charge in [-0.05, 0) is 128 Å². The summed E-state index contributed by atoms with van der Waals surface area (Å²) in [7, 11) is 0. The molecule has 0 saturated heterocycles. The Bertz CT molecular complexity index is 3930. The lowest BCUT2D eigenvalue weighted by Crippen LogP contribution is -2.15. The number of aromatic nitrogens is 1. The summed E-state index contributed by atoms with van der Waals surface area (Å²) in [5, 5.41) is 12.0. The van der Waals surface area contributed by atoms with E-state index in [9.17, 15) is 0 Å². The first-order valence-electron chi connectivity index (χ1n) is 23.4. The van der Waals surface area contributed by atoms with Gasteiger partial charge in [0.15, 0.2) is 0 Å². The fraction of sp³-hybridized carbons (Fsp3) is 0.0952. The Kier molecular flexibility index (Phi) is 9.09. The quantitative estimate of drug-likeness (QED) is 0.164. The number of benzene rings is 10. The summed E-state index contributed by atoms with van der Waals surface area (Å²) in [5.74, 6) is 0. The number of nitrogens with zero attached hydrogens (tertiary/aromatic N) is 2. The molecular formula is C63H46N2O. The molecule has 0 bridgehead atoms. The number of hydrogen-bond acceptors (Lipinski definition) is 2. The monoisotopic (exact) mass is 846 g/mol. The number of fused-ring (bicyclic) bond motifs is 9. The van der Waals surface area contributed by atoms with Crippen LogP contribution in [0.1, 0.15) is 55.3 Å². The van der Waals surface area contributed by atoms with Crippen molar-refractivity contribution in [1.82, 2.24) is 4.57 Å². The van der Waals surface area contributed by atoms with Crippen molar-refractivity contribution in [2.24, 2.45) is 4.99 Å². The standard InChI is InChI=1S/C63H46N2O/c1-2-48-49(43-32-30-41(31-33-43)40-16-4-3-5-17-40)26-15-28-57(64-63(48)52-27-14-23-42-18-10-11-24-50(42)52)56-39-62-55(54-35-45-20-7-9-22-47(45)37-61(54)66-62)38-60(56)65-58-29-13-12-25-51(58)53-34-44-19-6-8-21-46(44)36-59(53)65/h3-14,16-25,27,29-39,57H,2,15,26,28H2,1H3. The van der Waals surface area contributed by atoms with Crippen molar-refractivity contribution >= 4 is 87.3 Å². The topological polar surface area (TPSA) is 30.4 Å². The van der Waals surface area contributed by atoms with Crippen LogP contribution >= 0.6 is 0 Å². The zero-order valence-electron chi connectivity index (χ0n) is 36.8. The summed E-state index contributed by atoms with van der Waals surface area (Å²) in [6.45, 7) is 2.31. The van der Waals surface area contributed by atoms with E-state index in [4.69, 9.17) is 9.41 Å². The predicted octanol–water partition coefficient (Wildman–Crippen LogP) is 17.4. The molecule has 3 nitrogen and oxygen atoms in total. The second kappa shape index (κ2) is 15.6. The van der Waals surface area contributed by atoms with Gasteiger partial charge in [0.25, 0.3) is 0 Å². The minimum Gasteiger partial charge on any atom is -0.456 e. The van der Waals surface area contributed by atoms with Crippen LogP contribution in [0.4, 0.5) is 0 Å². The molecule has 0 amide bonds. The highest BCUT2D eigenvalue weighted by Crippen LogP contribution is 2.45. The van der Waals surface area contributed by atoms with Crippen LogP contribution in [-0.2, 0) is 0 Å². The van der Waals surface area contributed by atoms with E-state index < -0.39 is 0 Å². The SMILES string of the molecule is CCC1=C(c2ccc(-c3ccccc3)cc2)CCCC(c2cc3oc4cc5ccccc5cc4c3cc2-n2c3ccccc3c3cc4ccccc4cc32)N=C1c1cccc2ccccc12. The molecule has 0 aliphatic carbocycles. The van der Waals surface area contributed by atoms with Gasteiger partial charge in [-0.2, -0.15) is 0 Å². The van der Waals surface area contributed by atoms with Crippen LogP contribution in [0.15, 0.2) is 221 Å². The second-order valence-corrected chi connectivity index (χ2v) is 17.9. The Morgan fingerprint density at radius 1 is 0.485 bits per heavy atom. The predicted molar refractivity (Wildman–Crippen MR) is 279 cm³/mol. The van der Waals surface area contributed by atoms with Gasteiger partial charge in [-0.25, -0.2) is 0 Å². The van der Waals surface area contributed by atoms with E-state index in [1.165, 1.54) is 93.1 Å². The number of rotatable bonds is 6. The highest BCUT2D eigenvalue weighted by molar-refractivity contribution is 6.22. The Balaban J connectivity index is 1.10. The minimum atomic E-state index is -0.161. The second-order valence-electron chi connectivity index (χ2n) is 17.9. The van der Waals surface area contributed by atoms with Gasteiger partial charge in [-0.3, -0.25) is 4.99 Å². The van der Waals surface area contributed by atoms with E-state index in [1.54, 1.807) is 0 Å². The molecule has 66 heavy (non-hydrogen) atoms. The summed E-state index contributed by atoms with van der Waals surface area (Å²) in [4.78, 5) is 6.11. The molecule has 1 aliphatic rings. The lowest BCUT2D eigenvalue weighted by Gasteiger charge is -2.26.